The Morgan fingerprint density at radius 3 is 2.75 bits per heavy atom. The van der Waals surface area contributed by atoms with Gasteiger partial charge < -0.3 is 5.11 Å². The van der Waals surface area contributed by atoms with Crippen LogP contribution in [0.25, 0.3) is 0 Å². The number of aliphatic hydroxyl groups excluding tert-OH is 1. The monoisotopic (exact) mass is 219 g/mol. The Morgan fingerprint density at radius 1 is 1.44 bits per heavy atom. The molecule has 0 radical (unpaired) electrons. The highest BCUT2D eigenvalue weighted by Gasteiger charge is 2.27. The second-order valence-corrected chi connectivity index (χ2v) is 4.20. The van der Waals surface area contributed by atoms with Gasteiger partial charge in [0.2, 0.25) is 0 Å². The lowest BCUT2D eigenvalue weighted by Crippen LogP contribution is -2.13. The lowest BCUT2D eigenvalue weighted by atomic mass is 9.97. The summed E-state index contributed by atoms with van der Waals surface area (Å²) in [6.07, 6.45) is 8.44. The van der Waals surface area contributed by atoms with Crippen molar-refractivity contribution in [2.24, 2.45) is 5.92 Å². The normalized spacial score (nSPS) is 18.3. The van der Waals surface area contributed by atoms with Crippen molar-refractivity contribution in [2.75, 3.05) is 0 Å². The number of aliphatic hydroxyl groups is 1. The van der Waals surface area contributed by atoms with Crippen LogP contribution in [0.4, 0.5) is 4.39 Å². The fraction of sp³-hybridized carbons (Fsp3) is 0.462. The van der Waals surface area contributed by atoms with Crippen molar-refractivity contribution < 1.29 is 9.50 Å². The first-order valence-corrected chi connectivity index (χ1v) is 5.53. The summed E-state index contributed by atoms with van der Waals surface area (Å²) in [7, 11) is 0. The van der Waals surface area contributed by atoms with E-state index < -0.39 is 11.9 Å². The number of pyridine rings is 1. The van der Waals surface area contributed by atoms with Gasteiger partial charge in [0.25, 0.3) is 0 Å². The molecule has 0 saturated heterocycles. The molecular formula is C13H14FNO. The fourth-order valence-electron chi connectivity index (χ4n) is 2.24. The quantitative estimate of drug-likeness (QED) is 0.775. The van der Waals surface area contributed by atoms with Crippen LogP contribution in [0.5, 0.6) is 0 Å². The highest BCUT2D eigenvalue weighted by Crippen LogP contribution is 2.35. The molecule has 1 aromatic rings. The second kappa shape index (κ2) is 4.63. The maximum atomic E-state index is 13.5. The zero-order valence-electron chi connectivity index (χ0n) is 8.99. The lowest BCUT2D eigenvalue weighted by Gasteiger charge is -2.17. The van der Waals surface area contributed by atoms with E-state index in [1.165, 1.54) is 12.1 Å². The van der Waals surface area contributed by atoms with E-state index >= 15 is 0 Å². The molecule has 1 aliphatic carbocycles. The van der Waals surface area contributed by atoms with Gasteiger partial charge in [0, 0.05) is 0 Å². The van der Waals surface area contributed by atoms with E-state index in [9.17, 15) is 9.50 Å². The van der Waals surface area contributed by atoms with Crippen molar-refractivity contribution in [3.63, 3.8) is 0 Å². The number of terminal acetylenes is 1. The number of halogens is 1. The van der Waals surface area contributed by atoms with Crippen LogP contribution in [0, 0.1) is 24.1 Å². The van der Waals surface area contributed by atoms with Crippen molar-refractivity contribution >= 4 is 0 Å². The summed E-state index contributed by atoms with van der Waals surface area (Å²) >= 11 is 0. The van der Waals surface area contributed by atoms with Crippen molar-refractivity contribution in [3.05, 3.63) is 29.3 Å². The Morgan fingerprint density at radius 2 is 2.12 bits per heavy atom. The van der Waals surface area contributed by atoms with Crippen LogP contribution in [0.1, 0.15) is 43.2 Å². The first kappa shape index (κ1) is 11.1. The maximum Gasteiger partial charge on any atom is 0.147 e. The molecule has 0 amide bonds. The highest BCUT2D eigenvalue weighted by molar-refractivity contribution is 5.27. The summed E-state index contributed by atoms with van der Waals surface area (Å²) in [5.41, 5.74) is 0.468. The Hall–Kier alpha value is -1.40. The van der Waals surface area contributed by atoms with Crippen molar-refractivity contribution in [3.8, 4) is 12.3 Å². The summed E-state index contributed by atoms with van der Waals surface area (Å²) in [5, 5.41) is 10.0. The van der Waals surface area contributed by atoms with Crippen LogP contribution in [-0.4, -0.2) is 10.1 Å². The predicted octanol–water partition coefficient (Wildman–Crippen LogP) is 2.43. The van der Waals surface area contributed by atoms with E-state index in [1.807, 2.05) is 0 Å². The SMILES string of the molecule is C#Cc1ccc(F)c(C(O)C2CCCC2)n1. The van der Waals surface area contributed by atoms with Gasteiger partial charge in [-0.1, -0.05) is 18.8 Å². The third-order valence-corrected chi connectivity index (χ3v) is 3.15. The molecule has 0 aliphatic heterocycles. The van der Waals surface area contributed by atoms with Crippen molar-refractivity contribution in [2.45, 2.75) is 31.8 Å². The molecule has 84 valence electrons. The molecule has 0 aromatic carbocycles. The van der Waals surface area contributed by atoms with Crippen LogP contribution in [0.3, 0.4) is 0 Å². The molecule has 2 rings (SSSR count). The number of rotatable bonds is 2. The van der Waals surface area contributed by atoms with Crippen LogP contribution < -0.4 is 0 Å². The second-order valence-electron chi connectivity index (χ2n) is 4.20. The minimum Gasteiger partial charge on any atom is -0.386 e. The van der Waals surface area contributed by atoms with Crippen LogP contribution in [0.15, 0.2) is 12.1 Å². The molecule has 1 saturated carbocycles. The number of aromatic nitrogens is 1. The molecule has 1 unspecified atom stereocenters. The first-order chi connectivity index (χ1) is 7.72. The number of hydrogen-bond donors (Lipinski definition) is 1. The minimum absolute atomic E-state index is 0.0994. The van der Waals surface area contributed by atoms with Gasteiger partial charge in [-0.15, -0.1) is 6.42 Å². The summed E-state index contributed by atoms with van der Waals surface area (Å²) in [4.78, 5) is 3.97. The maximum absolute atomic E-state index is 13.5. The lowest BCUT2D eigenvalue weighted by molar-refractivity contribution is 0.103. The molecule has 1 fully saturated rings. The van der Waals surface area contributed by atoms with E-state index in [-0.39, 0.29) is 11.6 Å². The van der Waals surface area contributed by atoms with E-state index in [0.29, 0.717) is 5.69 Å². The third kappa shape index (κ3) is 2.07. The van der Waals surface area contributed by atoms with Crippen molar-refractivity contribution in [1.82, 2.24) is 4.98 Å². The zero-order valence-corrected chi connectivity index (χ0v) is 8.99. The molecule has 1 atom stereocenters. The van der Waals surface area contributed by atoms with Crippen molar-refractivity contribution in [1.29, 1.82) is 0 Å². The van der Waals surface area contributed by atoms with Crippen LogP contribution in [-0.2, 0) is 0 Å². The third-order valence-electron chi connectivity index (χ3n) is 3.15. The molecule has 16 heavy (non-hydrogen) atoms. The number of hydrogen-bond acceptors (Lipinski definition) is 2. The topological polar surface area (TPSA) is 33.1 Å². The highest BCUT2D eigenvalue weighted by atomic mass is 19.1. The number of nitrogens with zero attached hydrogens (tertiary/aromatic N) is 1. The smallest absolute Gasteiger partial charge is 0.147 e. The van der Waals surface area contributed by atoms with Gasteiger partial charge in [0.15, 0.2) is 0 Å². The van der Waals surface area contributed by atoms with Crippen LogP contribution >= 0.6 is 0 Å². The zero-order chi connectivity index (χ0) is 11.5. The Balaban J connectivity index is 2.27. The summed E-state index contributed by atoms with van der Waals surface area (Å²) in [6.45, 7) is 0. The predicted molar refractivity (Wildman–Crippen MR) is 59.0 cm³/mol. The molecule has 1 N–H and O–H groups in total. The largest absolute Gasteiger partial charge is 0.386 e. The molecule has 1 heterocycles. The summed E-state index contributed by atoms with van der Waals surface area (Å²) < 4.78 is 13.5. The van der Waals surface area contributed by atoms with Gasteiger partial charge in [0.1, 0.15) is 23.3 Å². The van der Waals surface area contributed by atoms with Gasteiger partial charge >= 0.3 is 0 Å². The van der Waals surface area contributed by atoms with Gasteiger partial charge in [0.05, 0.1) is 0 Å². The standard InChI is InChI=1S/C13H14FNO/c1-2-10-7-8-11(14)12(15-10)13(16)9-5-3-4-6-9/h1,7-9,13,16H,3-6H2. The molecule has 0 bridgehead atoms. The summed E-state index contributed by atoms with van der Waals surface area (Å²) in [5.74, 6) is 2.00. The summed E-state index contributed by atoms with van der Waals surface area (Å²) in [6, 6.07) is 2.72. The molecule has 2 nitrogen and oxygen atoms in total. The molecular weight excluding hydrogens is 205 g/mol. The molecule has 0 spiro atoms. The van der Waals surface area contributed by atoms with Gasteiger partial charge in [-0.3, -0.25) is 0 Å². The van der Waals surface area contributed by atoms with Gasteiger partial charge in [-0.05, 0) is 30.9 Å². The molecule has 1 aromatic heterocycles. The molecule has 1 aliphatic rings. The van der Waals surface area contributed by atoms with Crippen LogP contribution in [0.2, 0.25) is 0 Å². The fourth-order valence-corrected chi connectivity index (χ4v) is 2.24. The van der Waals surface area contributed by atoms with Gasteiger partial charge in [-0.25, -0.2) is 9.37 Å². The Bertz CT molecular complexity index is 418. The Kier molecular flexibility index (Phi) is 3.21. The van der Waals surface area contributed by atoms with E-state index in [0.717, 1.165) is 25.7 Å². The first-order valence-electron chi connectivity index (χ1n) is 5.53. The van der Waals surface area contributed by atoms with Gasteiger partial charge in [-0.2, -0.15) is 0 Å². The Labute approximate surface area is 94.5 Å². The van der Waals surface area contributed by atoms with E-state index in [1.54, 1.807) is 0 Å². The average molecular weight is 219 g/mol. The van der Waals surface area contributed by atoms with E-state index in [4.69, 9.17) is 6.42 Å². The molecule has 3 heteroatoms. The van der Waals surface area contributed by atoms with E-state index in [2.05, 4.69) is 10.9 Å². The average Bonchev–Trinajstić information content (AvgIpc) is 2.82. The minimum atomic E-state index is -0.823.